The lowest BCUT2D eigenvalue weighted by atomic mass is 9.99. The van der Waals surface area contributed by atoms with Crippen LogP contribution in [0.5, 0.6) is 0 Å². The van der Waals surface area contributed by atoms with Crippen molar-refractivity contribution in [2.24, 2.45) is 0 Å². The van der Waals surface area contributed by atoms with E-state index >= 15 is 0 Å². The fraction of sp³-hybridized carbons (Fsp3) is 0.0213. The van der Waals surface area contributed by atoms with Gasteiger partial charge in [-0.05, 0) is 42.8 Å². The predicted octanol–water partition coefficient (Wildman–Crippen LogP) is 12.2. The predicted molar refractivity (Wildman–Crippen MR) is 219 cm³/mol. The Kier molecular flexibility index (Phi) is 7.50. The zero-order valence-corrected chi connectivity index (χ0v) is 29.8. The molecule has 0 unspecified atom stereocenters. The molecule has 0 radical (unpaired) electrons. The number of furan rings is 2. The highest BCUT2D eigenvalue weighted by molar-refractivity contribution is 7.21. The fourth-order valence-corrected chi connectivity index (χ4v) is 8.19. The number of aromatic nitrogens is 4. The van der Waals surface area contributed by atoms with Crippen molar-refractivity contribution < 1.29 is 8.83 Å². The van der Waals surface area contributed by atoms with Gasteiger partial charge in [0.25, 0.3) is 0 Å². The van der Waals surface area contributed by atoms with E-state index in [1.54, 1.807) is 17.4 Å². The maximum Gasteiger partial charge on any atom is 0.165 e. The third-order valence-electron chi connectivity index (χ3n) is 9.68. The Morgan fingerprint density at radius 2 is 1.31 bits per heavy atom. The zero-order valence-electron chi connectivity index (χ0n) is 28.9. The smallest absolute Gasteiger partial charge is 0.165 e. The van der Waals surface area contributed by atoms with Gasteiger partial charge in [-0.1, -0.05) is 121 Å². The van der Waals surface area contributed by atoms with Gasteiger partial charge in [-0.2, -0.15) is 0 Å². The van der Waals surface area contributed by atoms with Crippen LogP contribution in [0.25, 0.3) is 93.2 Å². The minimum atomic E-state index is 0.449. The monoisotopic (exact) mass is 712 g/mol. The molecule has 4 heterocycles. The molecule has 0 fully saturated rings. The fourth-order valence-electron chi connectivity index (χ4n) is 7.22. The van der Waals surface area contributed by atoms with Crippen LogP contribution in [0.15, 0.2) is 154 Å². The van der Waals surface area contributed by atoms with Crippen molar-refractivity contribution in [3.05, 3.63) is 163 Å². The quantitative estimate of drug-likeness (QED) is 0.160. The number of fused-ring (bicyclic) bond motifs is 5. The lowest BCUT2D eigenvalue weighted by Crippen LogP contribution is -2.04. The second kappa shape index (κ2) is 12.8. The third kappa shape index (κ3) is 5.28. The van der Waals surface area contributed by atoms with Crippen molar-refractivity contribution in [3.63, 3.8) is 0 Å². The molecule has 0 spiro atoms. The van der Waals surface area contributed by atoms with Gasteiger partial charge in [0.15, 0.2) is 17.5 Å². The van der Waals surface area contributed by atoms with Gasteiger partial charge in [0.2, 0.25) is 0 Å². The zero-order chi connectivity index (χ0) is 36.2. The summed E-state index contributed by atoms with van der Waals surface area (Å²) in [6.07, 6.45) is 7.67. The van der Waals surface area contributed by atoms with Crippen molar-refractivity contribution in [2.45, 2.75) is 6.92 Å². The van der Waals surface area contributed by atoms with E-state index in [9.17, 15) is 0 Å². The average Bonchev–Trinajstić information content (AvgIpc) is 3.93. The van der Waals surface area contributed by atoms with Crippen LogP contribution >= 0.6 is 11.3 Å². The van der Waals surface area contributed by atoms with Crippen molar-refractivity contribution in [3.8, 4) is 56.8 Å². The first-order chi connectivity index (χ1) is 26.6. The number of nitrogens with zero attached hydrogens (tertiary/aromatic N) is 4. The van der Waals surface area contributed by atoms with Crippen LogP contribution in [-0.2, 0) is 0 Å². The van der Waals surface area contributed by atoms with Crippen molar-refractivity contribution >= 4 is 60.0 Å². The first-order valence-corrected chi connectivity index (χ1v) is 18.3. The molecule has 0 aliphatic heterocycles. The normalized spacial score (nSPS) is 11.9. The van der Waals surface area contributed by atoms with Crippen molar-refractivity contribution in [1.82, 2.24) is 19.9 Å². The van der Waals surface area contributed by atoms with Gasteiger partial charge in [0.05, 0.1) is 10.2 Å². The summed E-state index contributed by atoms with van der Waals surface area (Å²) in [6.45, 7) is 1.93. The number of hydrogen-bond donors (Lipinski definition) is 0. The maximum absolute atomic E-state index is 6.68. The van der Waals surface area contributed by atoms with E-state index in [-0.39, 0.29) is 0 Å². The average molecular weight is 713 g/mol. The number of allylic oxidation sites excluding steroid dienone is 1. The summed E-state index contributed by atoms with van der Waals surface area (Å²) in [7, 11) is 0. The number of rotatable bonds is 6. The Bertz CT molecular complexity index is 3090. The van der Waals surface area contributed by atoms with Gasteiger partial charge in [0.1, 0.15) is 27.5 Å². The first kappa shape index (κ1) is 31.6. The molecule has 0 amide bonds. The minimum absolute atomic E-state index is 0.449. The van der Waals surface area contributed by atoms with E-state index in [2.05, 4.69) is 60.5 Å². The molecule has 10 rings (SSSR count). The Hall–Kier alpha value is -7.14. The molecule has 0 saturated carbocycles. The van der Waals surface area contributed by atoms with Crippen LogP contribution in [0.3, 0.4) is 0 Å². The Balaban J connectivity index is 1.14. The minimum Gasteiger partial charge on any atom is -0.461 e. The molecule has 54 heavy (non-hydrogen) atoms. The van der Waals surface area contributed by atoms with Crippen LogP contribution in [0, 0.1) is 19.3 Å². The summed E-state index contributed by atoms with van der Waals surface area (Å²) < 4.78 is 14.0. The van der Waals surface area contributed by atoms with Crippen molar-refractivity contribution in [2.75, 3.05) is 0 Å². The van der Waals surface area contributed by atoms with Crippen LogP contribution < -0.4 is 0 Å². The van der Waals surface area contributed by atoms with Crippen LogP contribution in [0.4, 0.5) is 0 Å². The maximum atomic E-state index is 6.68. The van der Waals surface area contributed by atoms with Gasteiger partial charge in [-0.15, -0.1) is 17.8 Å². The van der Waals surface area contributed by atoms with Crippen LogP contribution in [-0.4, -0.2) is 19.9 Å². The highest BCUT2D eigenvalue weighted by Gasteiger charge is 2.23. The highest BCUT2D eigenvalue weighted by atomic mass is 32.1. The first-order valence-electron chi connectivity index (χ1n) is 17.5. The second-order valence-electron chi connectivity index (χ2n) is 13.0. The summed E-state index contributed by atoms with van der Waals surface area (Å²) in [5, 5.41) is 3.82. The van der Waals surface area contributed by atoms with E-state index in [1.165, 1.54) is 4.70 Å². The van der Waals surface area contributed by atoms with E-state index < -0.39 is 0 Å². The molecule has 254 valence electrons. The molecule has 6 aromatic carbocycles. The lowest BCUT2D eigenvalue weighted by Gasteiger charge is -2.11. The standard InChI is InChI=1S/C47H28N4O2S/c1-3-13-35(41-28(2)52-38-21-9-7-16-33(38)41)45-49-44(30-14-5-4-6-15-30)50-46(51-45)36-19-12-22-39-42(36)34-18-11-17-32(43(34)53-39)29-24-26-31(27-25-29)47-48-37-20-8-10-23-40(37)54-47/h1,4-27H,2H3/b35-13+. The molecule has 0 N–H and O–H groups in total. The summed E-state index contributed by atoms with van der Waals surface area (Å²) in [5.74, 6) is 4.94. The van der Waals surface area contributed by atoms with E-state index in [1.807, 2.05) is 91.9 Å². The number of thiazole rings is 1. The topological polar surface area (TPSA) is 77.8 Å². The Morgan fingerprint density at radius 3 is 2.17 bits per heavy atom. The van der Waals surface area contributed by atoms with Gasteiger partial charge in [-0.25, -0.2) is 19.9 Å². The number of terminal acetylenes is 1. The SMILES string of the molecule is C#C/C=C(/c1nc(-c2ccccc2)nc(-c2cccc3oc4c(-c5ccc(-c6nc7ccccc7s6)cc5)cccc4c23)n1)c1c(C)oc2ccccc12. The summed E-state index contributed by atoms with van der Waals surface area (Å²) >= 11 is 1.70. The van der Waals surface area contributed by atoms with E-state index in [0.717, 1.165) is 82.6 Å². The van der Waals surface area contributed by atoms with Gasteiger partial charge >= 0.3 is 0 Å². The summed E-state index contributed by atoms with van der Waals surface area (Å²) in [6, 6.07) is 46.8. The molecule has 0 aliphatic carbocycles. The molecule has 0 atom stereocenters. The van der Waals surface area contributed by atoms with Crippen LogP contribution in [0.2, 0.25) is 0 Å². The third-order valence-corrected chi connectivity index (χ3v) is 10.8. The largest absolute Gasteiger partial charge is 0.461 e. The molecule has 4 aromatic heterocycles. The molecule has 6 nitrogen and oxygen atoms in total. The molecule has 0 saturated heterocycles. The second-order valence-corrected chi connectivity index (χ2v) is 14.0. The van der Waals surface area contributed by atoms with Crippen LogP contribution in [0.1, 0.15) is 17.1 Å². The van der Waals surface area contributed by atoms with Crippen molar-refractivity contribution in [1.29, 1.82) is 0 Å². The summed E-state index contributed by atoms with van der Waals surface area (Å²) in [4.78, 5) is 20.1. The Morgan fingerprint density at radius 1 is 0.611 bits per heavy atom. The molecule has 10 aromatic rings. The van der Waals surface area contributed by atoms with E-state index in [4.69, 9.17) is 35.2 Å². The number of aryl methyl sites for hydroxylation is 1. The Labute approximate surface area is 314 Å². The van der Waals surface area contributed by atoms with Gasteiger partial charge in [-0.3, -0.25) is 0 Å². The van der Waals surface area contributed by atoms with E-state index in [0.29, 0.717) is 23.0 Å². The summed E-state index contributed by atoms with van der Waals surface area (Å²) in [5.41, 5.74) is 9.64. The number of benzene rings is 6. The van der Waals surface area contributed by atoms with Gasteiger partial charge < -0.3 is 8.83 Å². The molecule has 0 bridgehead atoms. The molecular weight excluding hydrogens is 685 g/mol. The number of para-hydroxylation sites is 3. The lowest BCUT2D eigenvalue weighted by molar-refractivity contribution is 0.577. The highest BCUT2D eigenvalue weighted by Crippen LogP contribution is 2.41. The molecule has 7 heteroatoms. The molecular formula is C47H28N4O2S. The number of hydrogen-bond acceptors (Lipinski definition) is 7. The van der Waals surface area contributed by atoms with Gasteiger partial charge in [0, 0.05) is 49.5 Å². The molecule has 0 aliphatic rings.